The molecule has 94 valence electrons. The van der Waals surface area contributed by atoms with Crippen molar-refractivity contribution in [3.8, 4) is 0 Å². The van der Waals surface area contributed by atoms with Gasteiger partial charge in [0.15, 0.2) is 0 Å². The van der Waals surface area contributed by atoms with Crippen molar-refractivity contribution in [1.82, 2.24) is 5.32 Å². The molecule has 0 heterocycles. The predicted octanol–water partition coefficient (Wildman–Crippen LogP) is 1.66. The molecule has 1 unspecified atom stereocenters. The summed E-state index contributed by atoms with van der Waals surface area (Å²) in [6, 6.07) is 8.59. The first-order valence-corrected chi connectivity index (χ1v) is 6.26. The Kier molecular flexibility index (Phi) is 4.54. The van der Waals surface area contributed by atoms with Gasteiger partial charge in [-0.1, -0.05) is 24.3 Å². The molecule has 2 rings (SSSR count). The van der Waals surface area contributed by atoms with Gasteiger partial charge in [0.2, 0.25) is 0 Å². The van der Waals surface area contributed by atoms with Gasteiger partial charge in [-0.2, -0.15) is 0 Å². The molecule has 0 spiro atoms. The van der Waals surface area contributed by atoms with Gasteiger partial charge < -0.3 is 15.2 Å². The second-order valence-electron chi connectivity index (χ2n) is 4.69. The van der Waals surface area contributed by atoms with Crippen LogP contribution in [-0.4, -0.2) is 31.5 Å². The molecule has 3 heteroatoms. The molecule has 17 heavy (non-hydrogen) atoms. The van der Waals surface area contributed by atoms with E-state index in [0.717, 1.165) is 12.5 Å². The SMILES string of the molecule is COCC(CO)NCc1ccccc1C1CC1. The monoisotopic (exact) mass is 235 g/mol. The van der Waals surface area contributed by atoms with E-state index < -0.39 is 0 Å². The number of methoxy groups -OCH3 is 1. The molecular formula is C14H21NO2. The predicted molar refractivity (Wildman–Crippen MR) is 68.0 cm³/mol. The first-order chi connectivity index (χ1) is 8.35. The lowest BCUT2D eigenvalue weighted by atomic mass is 10.0. The summed E-state index contributed by atoms with van der Waals surface area (Å²) >= 11 is 0. The average molecular weight is 235 g/mol. The molecule has 0 amide bonds. The fraction of sp³-hybridized carbons (Fsp3) is 0.571. The second-order valence-corrected chi connectivity index (χ2v) is 4.69. The highest BCUT2D eigenvalue weighted by atomic mass is 16.5. The zero-order chi connectivity index (χ0) is 12.1. The fourth-order valence-corrected chi connectivity index (χ4v) is 2.12. The van der Waals surface area contributed by atoms with Crippen LogP contribution >= 0.6 is 0 Å². The van der Waals surface area contributed by atoms with Gasteiger partial charge in [-0.05, 0) is 29.9 Å². The van der Waals surface area contributed by atoms with Crippen LogP contribution in [0.2, 0.25) is 0 Å². The van der Waals surface area contributed by atoms with Crippen molar-refractivity contribution in [3.63, 3.8) is 0 Å². The molecule has 2 N–H and O–H groups in total. The van der Waals surface area contributed by atoms with Crippen molar-refractivity contribution in [2.75, 3.05) is 20.3 Å². The minimum absolute atomic E-state index is 0.0206. The lowest BCUT2D eigenvalue weighted by Crippen LogP contribution is -2.36. The molecular weight excluding hydrogens is 214 g/mol. The number of hydrogen-bond acceptors (Lipinski definition) is 3. The number of rotatable bonds is 7. The van der Waals surface area contributed by atoms with Gasteiger partial charge in [0.1, 0.15) is 0 Å². The molecule has 0 radical (unpaired) electrons. The van der Waals surface area contributed by atoms with Crippen LogP contribution in [-0.2, 0) is 11.3 Å². The van der Waals surface area contributed by atoms with Gasteiger partial charge >= 0.3 is 0 Å². The Hall–Kier alpha value is -0.900. The standard InChI is InChI=1S/C14H21NO2/c1-17-10-13(9-16)15-8-12-4-2-3-5-14(12)11-6-7-11/h2-5,11,13,15-16H,6-10H2,1H3. The van der Waals surface area contributed by atoms with E-state index in [2.05, 4.69) is 29.6 Å². The van der Waals surface area contributed by atoms with Crippen LogP contribution in [0.15, 0.2) is 24.3 Å². The van der Waals surface area contributed by atoms with Crippen molar-refractivity contribution in [3.05, 3.63) is 35.4 Å². The summed E-state index contributed by atoms with van der Waals surface area (Å²) in [5.41, 5.74) is 2.82. The average Bonchev–Trinajstić information content (AvgIpc) is 3.19. The molecule has 1 aromatic carbocycles. The lowest BCUT2D eigenvalue weighted by molar-refractivity contribution is 0.128. The number of aliphatic hydroxyl groups excluding tert-OH is 1. The van der Waals surface area contributed by atoms with E-state index in [9.17, 15) is 5.11 Å². The Labute approximate surface area is 103 Å². The number of nitrogens with one attached hydrogen (secondary N) is 1. The molecule has 1 aliphatic carbocycles. The molecule has 1 atom stereocenters. The minimum Gasteiger partial charge on any atom is -0.395 e. The molecule has 1 aliphatic rings. The van der Waals surface area contributed by atoms with Crippen LogP contribution in [0.25, 0.3) is 0 Å². The summed E-state index contributed by atoms with van der Waals surface area (Å²) in [6.45, 7) is 1.46. The summed E-state index contributed by atoms with van der Waals surface area (Å²) in [5, 5.41) is 12.5. The molecule has 1 fully saturated rings. The summed E-state index contributed by atoms with van der Waals surface area (Å²) in [7, 11) is 1.66. The first kappa shape index (κ1) is 12.6. The molecule has 0 aliphatic heterocycles. The van der Waals surface area contributed by atoms with Crippen LogP contribution in [0.5, 0.6) is 0 Å². The number of ether oxygens (including phenoxy) is 1. The van der Waals surface area contributed by atoms with Crippen LogP contribution in [0, 0.1) is 0 Å². The highest BCUT2D eigenvalue weighted by Gasteiger charge is 2.25. The summed E-state index contributed by atoms with van der Waals surface area (Å²) in [5.74, 6) is 0.767. The van der Waals surface area contributed by atoms with Gasteiger partial charge in [-0.3, -0.25) is 0 Å². The van der Waals surface area contributed by atoms with Gasteiger partial charge in [0.05, 0.1) is 19.3 Å². The highest BCUT2D eigenvalue weighted by Crippen LogP contribution is 2.41. The topological polar surface area (TPSA) is 41.5 Å². The number of aliphatic hydroxyl groups is 1. The van der Waals surface area contributed by atoms with Crippen LogP contribution in [0.1, 0.15) is 29.9 Å². The van der Waals surface area contributed by atoms with E-state index >= 15 is 0 Å². The second kappa shape index (κ2) is 6.15. The van der Waals surface area contributed by atoms with Crippen molar-refractivity contribution >= 4 is 0 Å². The molecule has 0 saturated heterocycles. The molecule has 1 aromatic rings. The Morgan fingerprint density at radius 1 is 1.41 bits per heavy atom. The summed E-state index contributed by atoms with van der Waals surface area (Å²) < 4.78 is 5.05. The smallest absolute Gasteiger partial charge is 0.0638 e. The van der Waals surface area contributed by atoms with Crippen molar-refractivity contribution in [2.45, 2.75) is 31.3 Å². The molecule has 1 saturated carbocycles. The zero-order valence-electron chi connectivity index (χ0n) is 10.4. The third kappa shape index (κ3) is 3.53. The van der Waals surface area contributed by atoms with Crippen LogP contribution in [0.3, 0.4) is 0 Å². The molecule has 3 nitrogen and oxygen atoms in total. The third-order valence-corrected chi connectivity index (χ3v) is 3.24. The quantitative estimate of drug-likeness (QED) is 0.755. The summed E-state index contributed by atoms with van der Waals surface area (Å²) in [6.07, 6.45) is 2.64. The van der Waals surface area contributed by atoms with E-state index in [-0.39, 0.29) is 12.6 Å². The van der Waals surface area contributed by atoms with Crippen molar-refractivity contribution in [1.29, 1.82) is 0 Å². The Balaban J connectivity index is 1.93. The molecule has 0 aromatic heterocycles. The maximum Gasteiger partial charge on any atom is 0.0638 e. The van der Waals surface area contributed by atoms with Crippen LogP contribution < -0.4 is 5.32 Å². The largest absolute Gasteiger partial charge is 0.395 e. The lowest BCUT2D eigenvalue weighted by Gasteiger charge is -2.16. The van der Waals surface area contributed by atoms with E-state index in [1.807, 2.05) is 0 Å². The van der Waals surface area contributed by atoms with Gasteiger partial charge in [-0.25, -0.2) is 0 Å². The Morgan fingerprint density at radius 3 is 2.82 bits per heavy atom. The van der Waals surface area contributed by atoms with Crippen LogP contribution in [0.4, 0.5) is 0 Å². The van der Waals surface area contributed by atoms with Crippen molar-refractivity contribution < 1.29 is 9.84 Å². The van der Waals surface area contributed by atoms with Gasteiger partial charge in [-0.15, -0.1) is 0 Å². The third-order valence-electron chi connectivity index (χ3n) is 3.24. The molecule has 0 bridgehead atoms. The first-order valence-electron chi connectivity index (χ1n) is 6.26. The fourth-order valence-electron chi connectivity index (χ4n) is 2.12. The number of benzene rings is 1. The Morgan fingerprint density at radius 2 is 2.18 bits per heavy atom. The van der Waals surface area contributed by atoms with Crippen molar-refractivity contribution in [2.24, 2.45) is 0 Å². The maximum atomic E-state index is 9.18. The Bertz CT molecular complexity index is 350. The van der Waals surface area contributed by atoms with E-state index in [4.69, 9.17) is 4.74 Å². The van der Waals surface area contributed by atoms with E-state index in [1.54, 1.807) is 7.11 Å². The highest BCUT2D eigenvalue weighted by molar-refractivity contribution is 5.33. The zero-order valence-corrected chi connectivity index (χ0v) is 10.4. The van der Waals surface area contributed by atoms with Gasteiger partial charge in [0, 0.05) is 13.7 Å². The summed E-state index contributed by atoms with van der Waals surface area (Å²) in [4.78, 5) is 0. The maximum absolute atomic E-state index is 9.18. The number of hydrogen-bond donors (Lipinski definition) is 2. The minimum atomic E-state index is 0.0206. The van der Waals surface area contributed by atoms with E-state index in [1.165, 1.54) is 24.0 Å². The van der Waals surface area contributed by atoms with Gasteiger partial charge in [0.25, 0.3) is 0 Å². The normalized spacial score (nSPS) is 17.1. The van der Waals surface area contributed by atoms with E-state index in [0.29, 0.717) is 6.61 Å².